The van der Waals surface area contributed by atoms with Crippen LogP contribution in [0.3, 0.4) is 0 Å². The van der Waals surface area contributed by atoms with Gasteiger partial charge in [-0.05, 0) is 6.42 Å². The number of aliphatic carboxylic acids is 1. The van der Waals surface area contributed by atoms with Crippen LogP contribution in [0, 0.1) is 5.92 Å². The number of β-amino-alcohol motifs (C(OH)–C–C–N with tert-alkyl or cyclic N) is 1. The lowest BCUT2D eigenvalue weighted by molar-refractivity contribution is -0.143. The minimum absolute atomic E-state index is 0.302. The molecule has 1 aliphatic rings. The Morgan fingerprint density at radius 3 is 2.62 bits per heavy atom. The third kappa shape index (κ3) is 3.44. The fourth-order valence-corrected chi connectivity index (χ4v) is 1.59. The molecule has 2 unspecified atom stereocenters. The average molecular weight is 232 g/mol. The number of carboxylic acid groups (broad SMARTS) is 1. The van der Waals surface area contributed by atoms with Crippen LogP contribution < -0.4 is 10.6 Å². The highest BCUT2D eigenvalue weighted by atomic mass is 16.4. The Morgan fingerprint density at radius 1 is 1.44 bits per heavy atom. The summed E-state index contributed by atoms with van der Waals surface area (Å²) in [5.41, 5.74) is 0. The third-order valence-electron chi connectivity index (χ3n) is 2.50. The fraction of sp³-hybridized carbons (Fsp3) is 0.778. The van der Waals surface area contributed by atoms with E-state index in [4.69, 9.17) is 10.2 Å². The molecule has 16 heavy (non-hydrogen) atoms. The number of hydrogen-bond acceptors (Lipinski definition) is 5. The molecule has 0 aromatic carbocycles. The van der Waals surface area contributed by atoms with Gasteiger partial charge in [-0.2, -0.15) is 0 Å². The topological polar surface area (TPSA) is 119 Å². The van der Waals surface area contributed by atoms with E-state index in [9.17, 15) is 14.7 Å². The van der Waals surface area contributed by atoms with E-state index >= 15 is 0 Å². The van der Waals surface area contributed by atoms with Crippen molar-refractivity contribution in [2.45, 2.75) is 18.6 Å². The van der Waals surface area contributed by atoms with Gasteiger partial charge < -0.3 is 26.0 Å². The summed E-state index contributed by atoms with van der Waals surface area (Å²) in [7, 11) is 0. The number of aliphatic hydroxyl groups is 2. The smallest absolute Gasteiger partial charge is 0.328 e. The van der Waals surface area contributed by atoms with Crippen LogP contribution in [-0.4, -0.2) is 59.0 Å². The molecule has 1 fully saturated rings. The lowest BCUT2D eigenvalue weighted by Gasteiger charge is -2.26. The maximum absolute atomic E-state index is 11.6. The van der Waals surface area contributed by atoms with Crippen LogP contribution in [0.5, 0.6) is 0 Å². The zero-order valence-electron chi connectivity index (χ0n) is 8.72. The highest BCUT2D eigenvalue weighted by molar-refractivity contribution is 5.85. The summed E-state index contributed by atoms with van der Waals surface area (Å²) in [6.45, 7) is 0.191. The van der Waals surface area contributed by atoms with E-state index < -0.39 is 36.5 Å². The Morgan fingerprint density at radius 2 is 2.12 bits per heavy atom. The van der Waals surface area contributed by atoms with Crippen molar-refractivity contribution in [3.63, 3.8) is 0 Å². The van der Waals surface area contributed by atoms with Crippen molar-refractivity contribution in [3.05, 3.63) is 0 Å². The van der Waals surface area contributed by atoms with Gasteiger partial charge in [-0.15, -0.1) is 0 Å². The molecular formula is C9H16N2O5. The van der Waals surface area contributed by atoms with Crippen molar-refractivity contribution in [1.29, 1.82) is 0 Å². The Hall–Kier alpha value is -1.18. The molecular weight excluding hydrogens is 216 g/mol. The number of nitrogens with one attached hydrogen (secondary N) is 2. The second kappa shape index (κ2) is 5.78. The van der Waals surface area contributed by atoms with Crippen LogP contribution in [0.25, 0.3) is 0 Å². The van der Waals surface area contributed by atoms with Crippen molar-refractivity contribution in [1.82, 2.24) is 10.6 Å². The second-order valence-corrected chi connectivity index (χ2v) is 3.83. The summed E-state index contributed by atoms with van der Waals surface area (Å²) in [4.78, 5) is 22.2. The van der Waals surface area contributed by atoms with Crippen molar-refractivity contribution < 1.29 is 24.9 Å². The van der Waals surface area contributed by atoms with Crippen molar-refractivity contribution >= 4 is 11.9 Å². The van der Waals surface area contributed by atoms with Crippen molar-refractivity contribution in [3.8, 4) is 0 Å². The SMILES string of the molecule is O=C(N[C@H](CO)C(=O)O)C1CNCC(O)C1. The number of rotatable bonds is 4. The molecule has 0 aliphatic carbocycles. The van der Waals surface area contributed by atoms with Gasteiger partial charge in [-0.1, -0.05) is 0 Å². The van der Waals surface area contributed by atoms with Gasteiger partial charge >= 0.3 is 5.97 Å². The van der Waals surface area contributed by atoms with Crippen molar-refractivity contribution in [2.24, 2.45) is 5.92 Å². The van der Waals surface area contributed by atoms with Crippen LogP contribution in [0.2, 0.25) is 0 Å². The standard InChI is InChI=1S/C9H16N2O5/c12-4-7(9(15)16)11-8(14)5-1-6(13)3-10-2-5/h5-7,10,12-13H,1-4H2,(H,11,14)(H,15,16)/t5?,6?,7-/m1/s1. The van der Waals surface area contributed by atoms with Gasteiger partial charge in [0.1, 0.15) is 6.04 Å². The molecule has 0 bridgehead atoms. The van der Waals surface area contributed by atoms with Crippen LogP contribution in [0.1, 0.15) is 6.42 Å². The van der Waals surface area contributed by atoms with Crippen LogP contribution >= 0.6 is 0 Å². The number of hydrogen-bond donors (Lipinski definition) is 5. The Kier molecular flexibility index (Phi) is 4.66. The molecule has 5 N–H and O–H groups in total. The highest BCUT2D eigenvalue weighted by Crippen LogP contribution is 2.10. The number of carbonyl (C=O) groups excluding carboxylic acids is 1. The maximum atomic E-state index is 11.6. The van der Waals surface area contributed by atoms with E-state index in [0.29, 0.717) is 19.5 Å². The Bertz CT molecular complexity index is 271. The number of carboxylic acids is 1. The third-order valence-corrected chi connectivity index (χ3v) is 2.50. The first-order chi connectivity index (χ1) is 7.54. The monoisotopic (exact) mass is 232 g/mol. The van der Waals surface area contributed by atoms with Gasteiger partial charge in [0.2, 0.25) is 5.91 Å². The molecule has 1 rings (SSSR count). The first-order valence-electron chi connectivity index (χ1n) is 5.07. The van der Waals surface area contributed by atoms with Gasteiger partial charge in [0.15, 0.2) is 0 Å². The summed E-state index contributed by atoms with van der Waals surface area (Å²) in [6, 6.07) is -1.29. The lowest BCUT2D eigenvalue weighted by Crippen LogP contribution is -2.51. The van der Waals surface area contributed by atoms with Gasteiger partial charge in [0.05, 0.1) is 18.6 Å². The molecule has 0 aromatic heterocycles. The predicted molar refractivity (Wildman–Crippen MR) is 53.6 cm³/mol. The molecule has 1 saturated heterocycles. The van der Waals surface area contributed by atoms with E-state index in [0.717, 1.165) is 0 Å². The first kappa shape index (κ1) is 12.9. The second-order valence-electron chi connectivity index (χ2n) is 3.83. The fourth-order valence-electron chi connectivity index (χ4n) is 1.59. The number of amides is 1. The molecule has 1 aliphatic heterocycles. The summed E-state index contributed by atoms with van der Waals surface area (Å²) in [5, 5.41) is 31.8. The predicted octanol–water partition coefficient (Wildman–Crippen LogP) is -2.48. The molecule has 7 nitrogen and oxygen atoms in total. The average Bonchev–Trinajstić information content (AvgIpc) is 2.25. The summed E-state index contributed by atoms with van der Waals surface area (Å²) in [6.07, 6.45) is -0.293. The highest BCUT2D eigenvalue weighted by Gasteiger charge is 2.28. The molecule has 1 heterocycles. The summed E-state index contributed by atoms with van der Waals surface area (Å²) in [5.74, 6) is -2.20. The minimum atomic E-state index is -1.29. The van der Waals surface area contributed by atoms with Crippen molar-refractivity contribution in [2.75, 3.05) is 19.7 Å². The zero-order chi connectivity index (χ0) is 12.1. The Balaban J connectivity index is 2.47. The molecule has 0 saturated carbocycles. The van der Waals surface area contributed by atoms with E-state index in [1.165, 1.54) is 0 Å². The molecule has 3 atom stereocenters. The quantitative estimate of drug-likeness (QED) is 0.366. The molecule has 7 heteroatoms. The van der Waals surface area contributed by atoms with Gasteiger partial charge in [-0.3, -0.25) is 4.79 Å². The Labute approximate surface area is 92.5 Å². The normalized spacial score (nSPS) is 27.1. The zero-order valence-corrected chi connectivity index (χ0v) is 8.72. The molecule has 0 spiro atoms. The summed E-state index contributed by atoms with van der Waals surface area (Å²) >= 11 is 0. The number of aliphatic hydroxyl groups excluding tert-OH is 2. The lowest BCUT2D eigenvalue weighted by atomic mass is 9.96. The van der Waals surface area contributed by atoms with Gasteiger partial charge in [-0.25, -0.2) is 4.79 Å². The van der Waals surface area contributed by atoms with Gasteiger partial charge in [0.25, 0.3) is 0 Å². The van der Waals surface area contributed by atoms with E-state index in [-0.39, 0.29) is 0 Å². The maximum Gasteiger partial charge on any atom is 0.328 e. The molecule has 0 aromatic rings. The van der Waals surface area contributed by atoms with Crippen LogP contribution in [-0.2, 0) is 9.59 Å². The van der Waals surface area contributed by atoms with Crippen LogP contribution in [0.4, 0.5) is 0 Å². The van der Waals surface area contributed by atoms with E-state index in [1.54, 1.807) is 0 Å². The minimum Gasteiger partial charge on any atom is -0.480 e. The molecule has 1 amide bonds. The van der Waals surface area contributed by atoms with Gasteiger partial charge in [0, 0.05) is 13.1 Å². The van der Waals surface area contributed by atoms with Crippen LogP contribution in [0.15, 0.2) is 0 Å². The molecule has 92 valence electrons. The van der Waals surface area contributed by atoms with E-state index in [2.05, 4.69) is 10.6 Å². The first-order valence-corrected chi connectivity index (χ1v) is 5.07. The summed E-state index contributed by atoms with van der Waals surface area (Å²) < 4.78 is 0. The number of carbonyl (C=O) groups is 2. The van der Waals surface area contributed by atoms with E-state index in [1.807, 2.05) is 0 Å². The largest absolute Gasteiger partial charge is 0.480 e. The number of piperidine rings is 1. The molecule has 0 radical (unpaired) electrons.